The molecule has 1 atom stereocenters. The molecule has 1 aliphatic heterocycles. The molecule has 0 aromatic heterocycles. The smallest absolute Gasteiger partial charge is 0.227 e. The van der Waals surface area contributed by atoms with Crippen LogP contribution in [0.2, 0.25) is 0 Å². The number of nitrogens with zero attached hydrogens (tertiary/aromatic N) is 1. The molecular weight excluding hydrogens is 366 g/mol. The zero-order chi connectivity index (χ0) is 20.4. The van der Waals surface area contributed by atoms with Crippen LogP contribution in [0, 0.1) is 5.41 Å². The van der Waals surface area contributed by atoms with Crippen molar-refractivity contribution in [2.24, 2.45) is 5.73 Å². The van der Waals surface area contributed by atoms with Gasteiger partial charge in [-0.15, -0.1) is 0 Å². The van der Waals surface area contributed by atoms with Crippen molar-refractivity contribution in [1.82, 2.24) is 0 Å². The SMILES string of the molecule is COc1ccc(C2CC(=O)N(c3cccc(C(=N)N)c3)C2)cc1OC1CCCC1. The predicted octanol–water partition coefficient (Wildman–Crippen LogP) is 3.82. The molecular formula is C23H27N3O3. The highest BCUT2D eigenvalue weighted by atomic mass is 16.5. The van der Waals surface area contributed by atoms with Crippen molar-refractivity contribution in [2.45, 2.75) is 44.1 Å². The van der Waals surface area contributed by atoms with Crippen molar-refractivity contribution < 1.29 is 14.3 Å². The minimum Gasteiger partial charge on any atom is -0.493 e. The van der Waals surface area contributed by atoms with E-state index < -0.39 is 0 Å². The minimum absolute atomic E-state index is 0.00102. The molecule has 1 saturated heterocycles. The van der Waals surface area contributed by atoms with Gasteiger partial charge in [-0.25, -0.2) is 0 Å². The van der Waals surface area contributed by atoms with E-state index >= 15 is 0 Å². The van der Waals surface area contributed by atoms with Crippen LogP contribution in [0.5, 0.6) is 11.5 Å². The Morgan fingerprint density at radius 3 is 2.66 bits per heavy atom. The van der Waals surface area contributed by atoms with Gasteiger partial charge in [-0.05, 0) is 55.5 Å². The Labute approximate surface area is 171 Å². The first kappa shape index (κ1) is 19.3. The van der Waals surface area contributed by atoms with Gasteiger partial charge >= 0.3 is 0 Å². The maximum Gasteiger partial charge on any atom is 0.227 e. The molecule has 1 amide bonds. The summed E-state index contributed by atoms with van der Waals surface area (Å²) < 4.78 is 11.7. The number of carbonyl (C=O) groups excluding carboxylic acids is 1. The minimum atomic E-state index is -0.00102. The first-order valence-electron chi connectivity index (χ1n) is 10.1. The molecule has 2 aromatic rings. The summed E-state index contributed by atoms with van der Waals surface area (Å²) in [7, 11) is 1.65. The standard InChI is InChI=1S/C23H27N3O3/c1-28-20-10-9-15(12-21(20)29-19-7-2-3-8-19)17-13-22(27)26(14-17)18-6-4-5-16(11-18)23(24)25/h4-6,9-12,17,19H,2-3,7-8,13-14H2,1H3,(H3,24,25). The van der Waals surface area contributed by atoms with Gasteiger partial charge in [0.25, 0.3) is 0 Å². The number of benzene rings is 2. The molecule has 1 unspecified atom stereocenters. The van der Waals surface area contributed by atoms with Crippen molar-refractivity contribution in [1.29, 1.82) is 5.41 Å². The van der Waals surface area contributed by atoms with Gasteiger partial charge in [0, 0.05) is 30.1 Å². The van der Waals surface area contributed by atoms with Crippen LogP contribution in [0.1, 0.15) is 49.1 Å². The van der Waals surface area contributed by atoms with E-state index in [1.54, 1.807) is 24.1 Å². The van der Waals surface area contributed by atoms with Crippen LogP contribution in [-0.2, 0) is 4.79 Å². The number of hydrogen-bond donors (Lipinski definition) is 2. The highest BCUT2D eigenvalue weighted by Gasteiger charge is 2.32. The van der Waals surface area contributed by atoms with Gasteiger partial charge in [-0.1, -0.05) is 18.2 Å². The van der Waals surface area contributed by atoms with Gasteiger partial charge < -0.3 is 20.1 Å². The van der Waals surface area contributed by atoms with Gasteiger partial charge in [-0.3, -0.25) is 10.2 Å². The normalized spacial score (nSPS) is 19.6. The Hall–Kier alpha value is -3.02. The second-order valence-corrected chi connectivity index (χ2v) is 7.80. The van der Waals surface area contributed by atoms with E-state index in [0.29, 0.717) is 18.5 Å². The van der Waals surface area contributed by atoms with Crippen molar-refractivity contribution >= 4 is 17.4 Å². The van der Waals surface area contributed by atoms with Crippen LogP contribution >= 0.6 is 0 Å². The van der Waals surface area contributed by atoms with Gasteiger partial charge in [0.1, 0.15) is 5.84 Å². The molecule has 2 fully saturated rings. The van der Waals surface area contributed by atoms with E-state index in [9.17, 15) is 4.79 Å². The number of carbonyl (C=O) groups is 1. The van der Waals surface area contributed by atoms with Crippen LogP contribution in [0.25, 0.3) is 0 Å². The quantitative estimate of drug-likeness (QED) is 0.577. The fraction of sp³-hybridized carbons (Fsp3) is 0.391. The van der Waals surface area contributed by atoms with Crippen molar-refractivity contribution in [2.75, 3.05) is 18.6 Å². The van der Waals surface area contributed by atoms with Crippen LogP contribution in [0.4, 0.5) is 5.69 Å². The zero-order valence-corrected chi connectivity index (χ0v) is 16.7. The molecule has 6 nitrogen and oxygen atoms in total. The second kappa shape index (κ2) is 8.15. The van der Waals surface area contributed by atoms with Crippen LogP contribution in [0.15, 0.2) is 42.5 Å². The molecule has 152 valence electrons. The lowest BCUT2D eigenvalue weighted by Crippen LogP contribution is -2.24. The number of amides is 1. The van der Waals surface area contributed by atoms with Crippen molar-refractivity contribution in [3.63, 3.8) is 0 Å². The zero-order valence-electron chi connectivity index (χ0n) is 16.7. The highest BCUT2D eigenvalue weighted by molar-refractivity contribution is 6.00. The topological polar surface area (TPSA) is 88.6 Å². The number of rotatable bonds is 6. The number of amidine groups is 1. The fourth-order valence-electron chi connectivity index (χ4n) is 4.25. The first-order valence-corrected chi connectivity index (χ1v) is 10.1. The summed E-state index contributed by atoms with van der Waals surface area (Å²) in [5.74, 6) is 1.65. The van der Waals surface area contributed by atoms with Gasteiger partial charge in [0.15, 0.2) is 11.5 Å². The Morgan fingerprint density at radius 1 is 1.14 bits per heavy atom. The number of nitrogens with two attached hydrogens (primary N) is 1. The highest BCUT2D eigenvalue weighted by Crippen LogP contribution is 2.38. The molecule has 29 heavy (non-hydrogen) atoms. The van der Waals surface area contributed by atoms with Crippen molar-refractivity contribution in [3.8, 4) is 11.5 Å². The molecule has 4 rings (SSSR count). The third kappa shape index (κ3) is 4.06. The van der Waals surface area contributed by atoms with E-state index in [2.05, 4.69) is 0 Å². The van der Waals surface area contributed by atoms with Crippen molar-refractivity contribution in [3.05, 3.63) is 53.6 Å². The second-order valence-electron chi connectivity index (χ2n) is 7.80. The molecule has 0 bridgehead atoms. The van der Waals surface area contributed by atoms with Gasteiger partial charge in [-0.2, -0.15) is 0 Å². The summed E-state index contributed by atoms with van der Waals surface area (Å²) in [6.07, 6.45) is 5.26. The third-order valence-corrected chi connectivity index (χ3v) is 5.85. The Bertz CT molecular complexity index is 921. The predicted molar refractivity (Wildman–Crippen MR) is 113 cm³/mol. The number of methoxy groups -OCH3 is 1. The molecule has 1 aliphatic carbocycles. The maximum absolute atomic E-state index is 12.7. The molecule has 6 heteroatoms. The average Bonchev–Trinajstić information content (AvgIpc) is 3.37. The monoisotopic (exact) mass is 393 g/mol. The summed E-state index contributed by atoms with van der Waals surface area (Å²) in [5, 5.41) is 7.63. The summed E-state index contributed by atoms with van der Waals surface area (Å²) in [6, 6.07) is 13.3. The molecule has 2 aliphatic rings. The van der Waals surface area contributed by atoms with E-state index in [1.807, 2.05) is 30.3 Å². The molecule has 0 radical (unpaired) electrons. The van der Waals surface area contributed by atoms with Gasteiger partial charge in [0.05, 0.1) is 13.2 Å². The third-order valence-electron chi connectivity index (χ3n) is 5.85. The van der Waals surface area contributed by atoms with Crippen LogP contribution in [0.3, 0.4) is 0 Å². The lowest BCUT2D eigenvalue weighted by Gasteiger charge is -2.20. The van der Waals surface area contributed by atoms with E-state index in [1.165, 1.54) is 12.8 Å². The number of nitrogen functional groups attached to an aromatic ring is 1. The van der Waals surface area contributed by atoms with E-state index in [4.69, 9.17) is 20.6 Å². The van der Waals surface area contributed by atoms with Gasteiger partial charge in [0.2, 0.25) is 5.91 Å². The summed E-state index contributed by atoms with van der Waals surface area (Å²) in [6.45, 7) is 0.593. The largest absolute Gasteiger partial charge is 0.493 e. The Balaban J connectivity index is 1.55. The number of anilines is 1. The number of hydrogen-bond acceptors (Lipinski definition) is 4. The molecule has 3 N–H and O–H groups in total. The van der Waals surface area contributed by atoms with E-state index in [-0.39, 0.29) is 23.8 Å². The lowest BCUT2D eigenvalue weighted by molar-refractivity contribution is -0.117. The Kier molecular flexibility index (Phi) is 5.43. The van der Waals surface area contributed by atoms with Crippen LogP contribution < -0.4 is 20.1 Å². The lowest BCUT2D eigenvalue weighted by atomic mass is 9.98. The van der Waals surface area contributed by atoms with E-state index in [0.717, 1.165) is 35.6 Å². The average molecular weight is 393 g/mol. The summed E-state index contributed by atoms with van der Waals surface area (Å²) in [5.41, 5.74) is 8.08. The molecule has 2 aromatic carbocycles. The maximum atomic E-state index is 12.7. The summed E-state index contributed by atoms with van der Waals surface area (Å²) in [4.78, 5) is 14.5. The number of ether oxygens (including phenoxy) is 2. The Morgan fingerprint density at radius 2 is 1.93 bits per heavy atom. The number of nitrogens with one attached hydrogen (secondary N) is 1. The van der Waals surface area contributed by atoms with Crippen LogP contribution in [-0.4, -0.2) is 31.5 Å². The molecule has 1 saturated carbocycles. The molecule has 0 spiro atoms. The molecule has 1 heterocycles. The summed E-state index contributed by atoms with van der Waals surface area (Å²) >= 11 is 0. The fourth-order valence-corrected chi connectivity index (χ4v) is 4.25. The first-order chi connectivity index (χ1) is 14.0.